The SMILES string of the molecule is CCC(=O)NC[C@@H]1C[C@H]1c1cccc(O)c1CC(=O)O. The highest BCUT2D eigenvalue weighted by molar-refractivity contribution is 5.75. The summed E-state index contributed by atoms with van der Waals surface area (Å²) in [5.74, 6) is -0.330. The van der Waals surface area contributed by atoms with E-state index in [1.165, 1.54) is 6.07 Å². The summed E-state index contributed by atoms with van der Waals surface area (Å²) in [6.45, 7) is 2.42. The molecule has 2 rings (SSSR count). The number of phenols is 1. The first-order chi connectivity index (χ1) is 9.52. The van der Waals surface area contributed by atoms with Crippen molar-refractivity contribution < 1.29 is 19.8 Å². The zero-order chi connectivity index (χ0) is 14.7. The molecule has 0 aromatic heterocycles. The molecule has 5 nitrogen and oxygen atoms in total. The first-order valence-corrected chi connectivity index (χ1v) is 6.82. The molecule has 0 radical (unpaired) electrons. The van der Waals surface area contributed by atoms with E-state index < -0.39 is 5.97 Å². The number of rotatable bonds is 6. The van der Waals surface area contributed by atoms with Gasteiger partial charge in [0.1, 0.15) is 5.75 Å². The molecule has 2 atom stereocenters. The van der Waals surface area contributed by atoms with Crippen LogP contribution >= 0.6 is 0 Å². The summed E-state index contributed by atoms with van der Waals surface area (Å²) in [6.07, 6.45) is 1.21. The fourth-order valence-corrected chi connectivity index (χ4v) is 2.51. The number of aliphatic carboxylic acids is 1. The second kappa shape index (κ2) is 5.94. The molecular formula is C15H19NO4. The van der Waals surface area contributed by atoms with Gasteiger partial charge in [-0.2, -0.15) is 0 Å². The van der Waals surface area contributed by atoms with Crippen molar-refractivity contribution in [1.82, 2.24) is 5.32 Å². The standard InChI is InChI=1S/C15H19NO4/c1-2-14(18)16-8-9-6-11(9)10-4-3-5-13(17)12(10)7-15(19)20/h3-5,9,11,17H,2,6-8H2,1H3,(H,16,18)(H,19,20)/t9-,11+/m0/s1. The van der Waals surface area contributed by atoms with Gasteiger partial charge in [-0.1, -0.05) is 19.1 Å². The Hall–Kier alpha value is -2.04. The normalized spacial score (nSPS) is 20.4. The van der Waals surface area contributed by atoms with Crippen molar-refractivity contribution in [1.29, 1.82) is 0 Å². The van der Waals surface area contributed by atoms with Crippen molar-refractivity contribution in [2.24, 2.45) is 5.92 Å². The molecule has 1 amide bonds. The van der Waals surface area contributed by atoms with Crippen molar-refractivity contribution in [3.63, 3.8) is 0 Å². The molecule has 1 aromatic carbocycles. The number of nitrogens with one attached hydrogen (secondary N) is 1. The molecule has 0 unspecified atom stereocenters. The summed E-state index contributed by atoms with van der Waals surface area (Å²) >= 11 is 0. The van der Waals surface area contributed by atoms with Crippen molar-refractivity contribution in [3.8, 4) is 5.75 Å². The second-order valence-electron chi connectivity index (χ2n) is 5.18. The van der Waals surface area contributed by atoms with Crippen LogP contribution in [-0.2, 0) is 16.0 Å². The smallest absolute Gasteiger partial charge is 0.307 e. The van der Waals surface area contributed by atoms with Gasteiger partial charge in [0.25, 0.3) is 0 Å². The number of carbonyl (C=O) groups is 2. The summed E-state index contributed by atoms with van der Waals surface area (Å²) in [7, 11) is 0. The van der Waals surface area contributed by atoms with Gasteiger partial charge in [0, 0.05) is 18.5 Å². The Labute approximate surface area is 117 Å². The monoisotopic (exact) mass is 277 g/mol. The molecule has 1 saturated carbocycles. The number of hydrogen-bond donors (Lipinski definition) is 3. The summed E-state index contributed by atoms with van der Waals surface area (Å²) in [5, 5.41) is 21.6. The number of amides is 1. The molecule has 1 aliphatic rings. The molecule has 0 heterocycles. The second-order valence-corrected chi connectivity index (χ2v) is 5.18. The number of carboxylic acids is 1. The topological polar surface area (TPSA) is 86.6 Å². The number of aromatic hydroxyl groups is 1. The molecule has 0 saturated heterocycles. The van der Waals surface area contributed by atoms with Crippen LogP contribution in [0.4, 0.5) is 0 Å². The third-order valence-electron chi connectivity index (χ3n) is 3.72. The van der Waals surface area contributed by atoms with Crippen molar-refractivity contribution in [2.45, 2.75) is 32.1 Å². The van der Waals surface area contributed by atoms with E-state index >= 15 is 0 Å². The van der Waals surface area contributed by atoms with Gasteiger partial charge in [0.05, 0.1) is 6.42 Å². The van der Waals surface area contributed by atoms with Crippen LogP contribution in [-0.4, -0.2) is 28.6 Å². The van der Waals surface area contributed by atoms with E-state index in [-0.39, 0.29) is 24.0 Å². The van der Waals surface area contributed by atoms with Gasteiger partial charge in [-0.05, 0) is 29.9 Å². The third-order valence-corrected chi connectivity index (χ3v) is 3.72. The lowest BCUT2D eigenvalue weighted by Crippen LogP contribution is -2.24. The summed E-state index contributed by atoms with van der Waals surface area (Å²) in [5.41, 5.74) is 1.39. The number of carbonyl (C=O) groups excluding carboxylic acids is 1. The highest BCUT2D eigenvalue weighted by Gasteiger charge is 2.40. The van der Waals surface area contributed by atoms with E-state index in [0.29, 0.717) is 24.4 Å². The van der Waals surface area contributed by atoms with Crippen LogP contribution in [0.1, 0.15) is 36.8 Å². The fraction of sp³-hybridized carbons (Fsp3) is 0.467. The lowest BCUT2D eigenvalue weighted by Gasteiger charge is -2.10. The quantitative estimate of drug-likeness (QED) is 0.738. The van der Waals surface area contributed by atoms with Crippen LogP contribution in [0.2, 0.25) is 0 Å². The van der Waals surface area contributed by atoms with Crippen molar-refractivity contribution in [2.75, 3.05) is 6.54 Å². The summed E-state index contributed by atoms with van der Waals surface area (Å²) in [4.78, 5) is 22.1. The fourth-order valence-electron chi connectivity index (χ4n) is 2.51. The molecule has 0 aliphatic heterocycles. The van der Waals surface area contributed by atoms with Crippen LogP contribution in [0.5, 0.6) is 5.75 Å². The Balaban J connectivity index is 2.05. The van der Waals surface area contributed by atoms with Crippen LogP contribution < -0.4 is 5.32 Å². The maximum Gasteiger partial charge on any atom is 0.307 e. The van der Waals surface area contributed by atoms with E-state index in [9.17, 15) is 14.7 Å². The summed E-state index contributed by atoms with van der Waals surface area (Å²) < 4.78 is 0. The third kappa shape index (κ3) is 3.29. The molecule has 1 fully saturated rings. The van der Waals surface area contributed by atoms with Gasteiger partial charge >= 0.3 is 5.97 Å². The van der Waals surface area contributed by atoms with Crippen LogP contribution in [0.3, 0.4) is 0 Å². The Morgan fingerprint density at radius 1 is 1.40 bits per heavy atom. The number of carboxylic acid groups (broad SMARTS) is 1. The largest absolute Gasteiger partial charge is 0.508 e. The van der Waals surface area contributed by atoms with Gasteiger partial charge in [0.2, 0.25) is 5.91 Å². The molecule has 3 N–H and O–H groups in total. The molecule has 20 heavy (non-hydrogen) atoms. The zero-order valence-corrected chi connectivity index (χ0v) is 11.4. The maximum absolute atomic E-state index is 11.2. The molecular weight excluding hydrogens is 258 g/mol. The highest BCUT2D eigenvalue weighted by Crippen LogP contribution is 2.49. The maximum atomic E-state index is 11.2. The first kappa shape index (κ1) is 14.4. The predicted molar refractivity (Wildman–Crippen MR) is 73.6 cm³/mol. The van der Waals surface area contributed by atoms with E-state index in [1.807, 2.05) is 6.07 Å². The lowest BCUT2D eigenvalue weighted by atomic mass is 9.98. The molecule has 0 bridgehead atoms. The van der Waals surface area contributed by atoms with E-state index in [4.69, 9.17) is 5.11 Å². The van der Waals surface area contributed by atoms with Crippen molar-refractivity contribution in [3.05, 3.63) is 29.3 Å². The Morgan fingerprint density at radius 3 is 2.80 bits per heavy atom. The van der Waals surface area contributed by atoms with Crippen molar-refractivity contribution >= 4 is 11.9 Å². The van der Waals surface area contributed by atoms with Gasteiger partial charge in [-0.25, -0.2) is 0 Å². The first-order valence-electron chi connectivity index (χ1n) is 6.82. The minimum atomic E-state index is -0.954. The van der Waals surface area contributed by atoms with E-state index in [2.05, 4.69) is 5.32 Å². The van der Waals surface area contributed by atoms with Crippen LogP contribution in [0.15, 0.2) is 18.2 Å². The lowest BCUT2D eigenvalue weighted by molar-refractivity contribution is -0.136. The Kier molecular flexibility index (Phi) is 4.27. The van der Waals surface area contributed by atoms with Crippen LogP contribution in [0, 0.1) is 5.92 Å². The van der Waals surface area contributed by atoms with Gasteiger partial charge in [-0.3, -0.25) is 9.59 Å². The van der Waals surface area contributed by atoms with Gasteiger partial charge in [-0.15, -0.1) is 0 Å². The zero-order valence-electron chi connectivity index (χ0n) is 11.4. The van der Waals surface area contributed by atoms with Crippen LogP contribution in [0.25, 0.3) is 0 Å². The van der Waals surface area contributed by atoms with Gasteiger partial charge in [0.15, 0.2) is 0 Å². The number of phenolic OH excluding ortho intramolecular Hbond substituents is 1. The highest BCUT2D eigenvalue weighted by atomic mass is 16.4. The number of benzene rings is 1. The molecule has 5 heteroatoms. The average molecular weight is 277 g/mol. The minimum Gasteiger partial charge on any atom is -0.508 e. The van der Waals surface area contributed by atoms with Gasteiger partial charge < -0.3 is 15.5 Å². The molecule has 0 spiro atoms. The predicted octanol–water partition coefficient (Wildman–Crippen LogP) is 1.65. The van der Waals surface area contributed by atoms with E-state index in [0.717, 1.165) is 12.0 Å². The summed E-state index contributed by atoms with van der Waals surface area (Å²) in [6, 6.07) is 5.11. The molecule has 108 valence electrons. The molecule has 1 aliphatic carbocycles. The Morgan fingerprint density at radius 2 is 2.15 bits per heavy atom. The minimum absolute atomic E-state index is 0.0253. The molecule has 1 aromatic rings. The van der Waals surface area contributed by atoms with E-state index in [1.54, 1.807) is 13.0 Å². The number of hydrogen-bond acceptors (Lipinski definition) is 3. The average Bonchev–Trinajstić information content (AvgIpc) is 3.17. The Bertz CT molecular complexity index is 527.